The Morgan fingerprint density at radius 3 is 2.52 bits per heavy atom. The van der Waals surface area contributed by atoms with Crippen molar-refractivity contribution in [2.75, 3.05) is 11.8 Å². The van der Waals surface area contributed by atoms with Crippen molar-refractivity contribution in [2.45, 2.75) is 12.5 Å². The summed E-state index contributed by atoms with van der Waals surface area (Å²) in [7, 11) is 0. The molecule has 7 heteroatoms. The summed E-state index contributed by atoms with van der Waals surface area (Å²) in [6.45, 7) is 0.239. The predicted molar refractivity (Wildman–Crippen MR) is 117 cm³/mol. The van der Waals surface area contributed by atoms with Crippen molar-refractivity contribution in [2.24, 2.45) is 5.10 Å². The molecule has 0 amide bonds. The van der Waals surface area contributed by atoms with Gasteiger partial charge in [-0.25, -0.2) is 0 Å². The molecule has 29 heavy (non-hydrogen) atoms. The first-order chi connectivity index (χ1) is 14.1. The minimum absolute atomic E-state index is 0.0846. The van der Waals surface area contributed by atoms with Crippen molar-refractivity contribution in [3.63, 3.8) is 0 Å². The van der Waals surface area contributed by atoms with Gasteiger partial charge in [0.1, 0.15) is 0 Å². The van der Waals surface area contributed by atoms with Gasteiger partial charge < -0.3 is 9.47 Å². The number of nitrogens with zero attached hydrogens (tertiary/aromatic N) is 2. The van der Waals surface area contributed by atoms with Crippen LogP contribution in [0.2, 0.25) is 15.1 Å². The lowest BCUT2D eigenvalue weighted by Crippen LogP contribution is -2.18. The Morgan fingerprint density at radius 1 is 0.862 bits per heavy atom. The second-order valence-electron chi connectivity index (χ2n) is 6.82. The van der Waals surface area contributed by atoms with E-state index in [9.17, 15) is 0 Å². The van der Waals surface area contributed by atoms with E-state index in [2.05, 4.69) is 0 Å². The third-order valence-corrected chi connectivity index (χ3v) is 5.81. The molecule has 1 unspecified atom stereocenters. The highest BCUT2D eigenvalue weighted by molar-refractivity contribution is 6.35. The van der Waals surface area contributed by atoms with Gasteiger partial charge in [-0.2, -0.15) is 5.10 Å². The minimum Gasteiger partial charge on any atom is -0.454 e. The van der Waals surface area contributed by atoms with Crippen molar-refractivity contribution in [3.05, 3.63) is 86.9 Å². The maximum absolute atomic E-state index is 6.54. The Labute approximate surface area is 183 Å². The summed E-state index contributed by atoms with van der Waals surface area (Å²) in [6.07, 6.45) is 0.674. The maximum Gasteiger partial charge on any atom is 0.231 e. The monoisotopic (exact) mass is 444 g/mol. The van der Waals surface area contributed by atoms with Crippen molar-refractivity contribution >= 4 is 46.2 Å². The Balaban J connectivity index is 1.58. The lowest BCUT2D eigenvalue weighted by molar-refractivity contribution is 0.174. The Morgan fingerprint density at radius 2 is 1.69 bits per heavy atom. The van der Waals surface area contributed by atoms with E-state index in [0.29, 0.717) is 21.5 Å². The molecule has 0 spiro atoms. The van der Waals surface area contributed by atoms with Crippen LogP contribution in [0.4, 0.5) is 5.69 Å². The summed E-state index contributed by atoms with van der Waals surface area (Å²) in [5.74, 6) is 1.48. The van der Waals surface area contributed by atoms with Gasteiger partial charge >= 0.3 is 0 Å². The number of benzene rings is 3. The highest BCUT2D eigenvalue weighted by Gasteiger charge is 2.32. The summed E-state index contributed by atoms with van der Waals surface area (Å²) in [4.78, 5) is 0. The molecule has 0 bridgehead atoms. The summed E-state index contributed by atoms with van der Waals surface area (Å²) in [5.41, 5.74) is 3.76. The smallest absolute Gasteiger partial charge is 0.231 e. The summed E-state index contributed by atoms with van der Waals surface area (Å²) < 4.78 is 10.9. The lowest BCUT2D eigenvalue weighted by Gasteiger charge is -2.25. The second kappa shape index (κ2) is 7.45. The number of halogens is 3. The fourth-order valence-corrected chi connectivity index (χ4v) is 4.35. The lowest BCUT2D eigenvalue weighted by atomic mass is 9.98. The molecular formula is C22H15Cl3N2O2. The van der Waals surface area contributed by atoms with Crippen molar-refractivity contribution < 1.29 is 9.47 Å². The molecule has 0 aromatic heterocycles. The molecule has 3 aromatic rings. The first-order valence-electron chi connectivity index (χ1n) is 9.06. The highest BCUT2D eigenvalue weighted by atomic mass is 35.5. The van der Waals surface area contributed by atoms with Gasteiger partial charge in [0.2, 0.25) is 6.79 Å². The van der Waals surface area contributed by atoms with E-state index in [1.165, 1.54) is 0 Å². The van der Waals surface area contributed by atoms with Crippen molar-refractivity contribution in [1.82, 2.24) is 0 Å². The normalized spacial score (nSPS) is 17.6. The molecule has 2 heterocycles. The van der Waals surface area contributed by atoms with Gasteiger partial charge in [0.05, 0.1) is 17.4 Å². The van der Waals surface area contributed by atoms with E-state index in [-0.39, 0.29) is 12.8 Å². The van der Waals surface area contributed by atoms with E-state index < -0.39 is 0 Å². The minimum atomic E-state index is -0.0846. The third kappa shape index (κ3) is 3.52. The molecule has 2 aliphatic rings. The number of hydrogen-bond acceptors (Lipinski definition) is 4. The SMILES string of the molecule is Clc1cccc(N2N=C(c3ccc4c(c3)OCO4)CC2c2ccc(Cl)cc2Cl)c1. The third-order valence-electron chi connectivity index (χ3n) is 5.01. The van der Waals surface area contributed by atoms with Crippen LogP contribution in [0.5, 0.6) is 11.5 Å². The van der Waals surface area contributed by atoms with Gasteiger partial charge in [-0.05, 0) is 54.1 Å². The van der Waals surface area contributed by atoms with Crippen LogP contribution in [0.1, 0.15) is 23.6 Å². The van der Waals surface area contributed by atoms with Crippen LogP contribution in [0.25, 0.3) is 0 Å². The van der Waals surface area contributed by atoms with Crippen LogP contribution in [-0.2, 0) is 0 Å². The molecule has 0 saturated heterocycles. The molecule has 3 aromatic carbocycles. The van der Waals surface area contributed by atoms with Gasteiger partial charge in [-0.1, -0.05) is 46.9 Å². The zero-order valence-electron chi connectivity index (χ0n) is 15.1. The molecule has 0 radical (unpaired) electrons. The molecule has 0 fully saturated rings. The molecule has 0 N–H and O–H groups in total. The number of fused-ring (bicyclic) bond motifs is 1. The standard InChI is InChI=1S/C22H15Cl3N2O2/c23-14-2-1-3-16(9-14)27-20(17-6-5-15(24)10-18(17)25)11-19(26-27)13-4-7-21-22(8-13)29-12-28-21/h1-10,20H,11-12H2. The molecule has 2 aliphatic heterocycles. The van der Waals surface area contributed by atoms with Crippen LogP contribution < -0.4 is 14.5 Å². The average Bonchev–Trinajstić information content (AvgIpc) is 3.34. The molecule has 5 rings (SSSR count). The number of hydrazone groups is 1. The first kappa shape index (κ1) is 18.6. The number of rotatable bonds is 3. The second-order valence-corrected chi connectivity index (χ2v) is 8.11. The van der Waals surface area contributed by atoms with E-state index in [1.54, 1.807) is 6.07 Å². The van der Waals surface area contributed by atoms with Crippen LogP contribution in [0, 0.1) is 0 Å². The van der Waals surface area contributed by atoms with E-state index >= 15 is 0 Å². The fraction of sp³-hybridized carbons (Fsp3) is 0.136. The van der Waals surface area contributed by atoms with E-state index in [0.717, 1.165) is 34.0 Å². The maximum atomic E-state index is 6.54. The van der Waals surface area contributed by atoms with Crippen LogP contribution in [0.3, 0.4) is 0 Å². The van der Waals surface area contributed by atoms with Crippen molar-refractivity contribution in [3.8, 4) is 11.5 Å². The zero-order valence-corrected chi connectivity index (χ0v) is 17.4. The van der Waals surface area contributed by atoms with Gasteiger partial charge in [0, 0.05) is 27.1 Å². The van der Waals surface area contributed by atoms with E-state index in [4.69, 9.17) is 49.4 Å². The topological polar surface area (TPSA) is 34.1 Å². The van der Waals surface area contributed by atoms with Crippen LogP contribution >= 0.6 is 34.8 Å². The van der Waals surface area contributed by atoms with Crippen LogP contribution in [-0.4, -0.2) is 12.5 Å². The Hall–Kier alpha value is -2.40. The molecule has 1 atom stereocenters. The zero-order chi connectivity index (χ0) is 20.0. The molecule has 0 saturated carbocycles. The molecule has 4 nitrogen and oxygen atoms in total. The van der Waals surface area contributed by atoms with Gasteiger partial charge in [-0.15, -0.1) is 0 Å². The Kier molecular flexibility index (Phi) is 4.78. The van der Waals surface area contributed by atoms with Gasteiger partial charge in [0.15, 0.2) is 11.5 Å². The van der Waals surface area contributed by atoms with Gasteiger partial charge in [-0.3, -0.25) is 5.01 Å². The molecule has 146 valence electrons. The summed E-state index contributed by atoms with van der Waals surface area (Å²) in [5, 5.41) is 8.74. The highest BCUT2D eigenvalue weighted by Crippen LogP contribution is 2.41. The largest absolute Gasteiger partial charge is 0.454 e. The number of ether oxygens (including phenoxy) is 2. The summed E-state index contributed by atoms with van der Waals surface area (Å²) in [6, 6.07) is 19.0. The molecule has 0 aliphatic carbocycles. The first-order valence-corrected chi connectivity index (χ1v) is 10.2. The predicted octanol–water partition coefficient (Wildman–Crippen LogP) is 6.73. The molecular weight excluding hydrogens is 431 g/mol. The van der Waals surface area contributed by atoms with E-state index in [1.807, 2.05) is 59.6 Å². The number of anilines is 1. The van der Waals surface area contributed by atoms with Crippen LogP contribution in [0.15, 0.2) is 65.8 Å². The average molecular weight is 446 g/mol. The quantitative estimate of drug-likeness (QED) is 0.448. The number of hydrogen-bond donors (Lipinski definition) is 0. The summed E-state index contributed by atoms with van der Waals surface area (Å²) >= 11 is 18.9. The Bertz CT molecular complexity index is 1130. The van der Waals surface area contributed by atoms with Crippen molar-refractivity contribution in [1.29, 1.82) is 0 Å². The van der Waals surface area contributed by atoms with Gasteiger partial charge in [0.25, 0.3) is 0 Å². The fourth-order valence-electron chi connectivity index (χ4n) is 3.63.